The number of thioether (sulfide) groups is 1. The lowest BCUT2D eigenvalue weighted by molar-refractivity contribution is 0.417. The molecule has 4 heteroatoms. The van der Waals surface area contributed by atoms with Gasteiger partial charge in [-0.15, -0.1) is 0 Å². The Kier molecular flexibility index (Phi) is 3.20. The fourth-order valence-corrected chi connectivity index (χ4v) is 3.90. The lowest BCUT2D eigenvalue weighted by Gasteiger charge is -2.21. The molecule has 3 nitrogen and oxygen atoms in total. The van der Waals surface area contributed by atoms with Gasteiger partial charge in [0.05, 0.1) is 11.0 Å². The number of aromatic amines is 1. The number of benzene rings is 1. The van der Waals surface area contributed by atoms with E-state index in [4.69, 9.17) is 0 Å². The minimum absolute atomic E-state index is 0.0394. The van der Waals surface area contributed by atoms with Crippen molar-refractivity contribution in [2.45, 2.75) is 26.3 Å². The standard InChI is InChI=1S/C14H18N2OS/c1-10-3-2-4-12-13(10)15-14(17)16(12)9-11-5-7-18-8-6-11/h2-4,11H,5-9H2,1H3,(H,15,17). The van der Waals surface area contributed by atoms with Crippen molar-refractivity contribution in [3.8, 4) is 0 Å². The molecule has 0 atom stereocenters. The summed E-state index contributed by atoms with van der Waals surface area (Å²) in [4.78, 5) is 15.1. The summed E-state index contributed by atoms with van der Waals surface area (Å²) in [5, 5.41) is 0. The van der Waals surface area contributed by atoms with Crippen LogP contribution in [-0.2, 0) is 6.54 Å². The molecule has 0 unspecified atom stereocenters. The Hall–Kier alpha value is -1.16. The van der Waals surface area contributed by atoms with Crippen molar-refractivity contribution in [3.63, 3.8) is 0 Å². The maximum Gasteiger partial charge on any atom is 0.326 e. The highest BCUT2D eigenvalue weighted by atomic mass is 32.2. The first-order valence-corrected chi connectivity index (χ1v) is 7.67. The zero-order valence-electron chi connectivity index (χ0n) is 10.6. The number of nitrogens with zero attached hydrogens (tertiary/aromatic N) is 1. The van der Waals surface area contributed by atoms with Gasteiger partial charge in [-0.2, -0.15) is 11.8 Å². The summed E-state index contributed by atoms with van der Waals surface area (Å²) in [6.07, 6.45) is 2.46. The minimum Gasteiger partial charge on any atom is -0.305 e. The Morgan fingerprint density at radius 2 is 2.17 bits per heavy atom. The van der Waals surface area contributed by atoms with Gasteiger partial charge in [0.2, 0.25) is 0 Å². The van der Waals surface area contributed by atoms with Gasteiger partial charge < -0.3 is 4.98 Å². The number of nitrogens with one attached hydrogen (secondary N) is 1. The molecular weight excluding hydrogens is 244 g/mol. The van der Waals surface area contributed by atoms with Crippen LogP contribution >= 0.6 is 11.8 Å². The van der Waals surface area contributed by atoms with E-state index >= 15 is 0 Å². The second-order valence-corrected chi connectivity index (χ2v) is 6.29. The monoisotopic (exact) mass is 262 g/mol. The van der Waals surface area contributed by atoms with Crippen LogP contribution in [0.3, 0.4) is 0 Å². The Morgan fingerprint density at radius 1 is 1.39 bits per heavy atom. The molecule has 0 radical (unpaired) electrons. The van der Waals surface area contributed by atoms with Crippen molar-refractivity contribution < 1.29 is 0 Å². The van der Waals surface area contributed by atoms with Crippen LogP contribution in [0, 0.1) is 12.8 Å². The van der Waals surface area contributed by atoms with E-state index in [2.05, 4.69) is 4.98 Å². The molecule has 0 aliphatic carbocycles. The van der Waals surface area contributed by atoms with Gasteiger partial charge in [-0.25, -0.2) is 4.79 Å². The largest absolute Gasteiger partial charge is 0.326 e. The molecule has 96 valence electrons. The van der Waals surface area contributed by atoms with Gasteiger partial charge in [0.1, 0.15) is 0 Å². The van der Waals surface area contributed by atoms with Gasteiger partial charge in [0, 0.05) is 6.54 Å². The number of imidazole rings is 1. The SMILES string of the molecule is Cc1cccc2c1[nH]c(=O)n2CC1CCSCC1. The lowest BCUT2D eigenvalue weighted by atomic mass is 10.0. The molecule has 1 fully saturated rings. The molecular formula is C14H18N2OS. The molecule has 2 aromatic rings. The number of aromatic nitrogens is 2. The second kappa shape index (κ2) is 4.84. The average molecular weight is 262 g/mol. The zero-order chi connectivity index (χ0) is 12.5. The third-order valence-electron chi connectivity index (χ3n) is 3.80. The first-order valence-electron chi connectivity index (χ1n) is 6.51. The van der Waals surface area contributed by atoms with Crippen LogP contribution in [0.1, 0.15) is 18.4 Å². The van der Waals surface area contributed by atoms with Crippen LogP contribution < -0.4 is 5.69 Å². The Labute approximate surface area is 111 Å². The fraction of sp³-hybridized carbons (Fsp3) is 0.500. The van der Waals surface area contributed by atoms with Gasteiger partial charge in [-0.3, -0.25) is 4.57 Å². The molecule has 3 rings (SSSR count). The van der Waals surface area contributed by atoms with Crippen LogP contribution in [-0.4, -0.2) is 21.1 Å². The van der Waals surface area contributed by atoms with Gasteiger partial charge in [0.25, 0.3) is 0 Å². The van der Waals surface area contributed by atoms with Gasteiger partial charge in [0.15, 0.2) is 0 Å². The number of para-hydroxylation sites is 1. The quantitative estimate of drug-likeness (QED) is 0.903. The average Bonchev–Trinajstić information content (AvgIpc) is 2.70. The number of hydrogen-bond acceptors (Lipinski definition) is 2. The van der Waals surface area contributed by atoms with Crippen LogP contribution in [0.15, 0.2) is 23.0 Å². The summed E-state index contributed by atoms with van der Waals surface area (Å²) in [5.41, 5.74) is 3.23. The maximum atomic E-state index is 12.1. The van der Waals surface area contributed by atoms with Gasteiger partial charge in [-0.1, -0.05) is 12.1 Å². The molecule has 1 saturated heterocycles. The van der Waals surface area contributed by atoms with E-state index in [0.717, 1.165) is 23.1 Å². The highest BCUT2D eigenvalue weighted by molar-refractivity contribution is 7.99. The van der Waals surface area contributed by atoms with E-state index in [1.807, 2.05) is 41.5 Å². The zero-order valence-corrected chi connectivity index (χ0v) is 11.4. The highest BCUT2D eigenvalue weighted by Crippen LogP contribution is 2.25. The highest BCUT2D eigenvalue weighted by Gasteiger charge is 2.17. The van der Waals surface area contributed by atoms with Crippen molar-refractivity contribution in [1.29, 1.82) is 0 Å². The minimum atomic E-state index is 0.0394. The third-order valence-corrected chi connectivity index (χ3v) is 4.85. The van der Waals surface area contributed by atoms with E-state index in [1.165, 1.54) is 24.3 Å². The summed E-state index contributed by atoms with van der Waals surface area (Å²) in [6.45, 7) is 2.91. The molecule has 1 aromatic heterocycles. The molecule has 1 N–H and O–H groups in total. The molecule has 2 heterocycles. The van der Waals surface area contributed by atoms with Crippen LogP contribution in [0.25, 0.3) is 11.0 Å². The molecule has 1 aliphatic rings. The molecule has 0 amide bonds. The molecule has 0 saturated carbocycles. The first-order chi connectivity index (χ1) is 8.75. The number of rotatable bonds is 2. The number of hydrogen-bond donors (Lipinski definition) is 1. The number of H-pyrrole nitrogens is 1. The van der Waals surface area contributed by atoms with Crippen molar-refractivity contribution in [3.05, 3.63) is 34.2 Å². The topological polar surface area (TPSA) is 37.8 Å². The predicted octanol–water partition coefficient (Wildman–Crippen LogP) is 2.78. The van der Waals surface area contributed by atoms with Gasteiger partial charge in [-0.05, 0) is 48.8 Å². The summed E-state index contributed by atoms with van der Waals surface area (Å²) in [6, 6.07) is 6.11. The van der Waals surface area contributed by atoms with Crippen molar-refractivity contribution in [2.24, 2.45) is 5.92 Å². The van der Waals surface area contributed by atoms with Gasteiger partial charge >= 0.3 is 5.69 Å². The Balaban J connectivity index is 1.98. The smallest absolute Gasteiger partial charge is 0.305 e. The molecule has 0 bridgehead atoms. The van der Waals surface area contributed by atoms with E-state index < -0.39 is 0 Å². The van der Waals surface area contributed by atoms with Crippen LogP contribution in [0.5, 0.6) is 0 Å². The van der Waals surface area contributed by atoms with Crippen molar-refractivity contribution in [2.75, 3.05) is 11.5 Å². The fourth-order valence-electron chi connectivity index (χ4n) is 2.69. The maximum absolute atomic E-state index is 12.1. The third kappa shape index (κ3) is 2.09. The summed E-state index contributed by atoms with van der Waals surface area (Å²) < 4.78 is 1.92. The molecule has 18 heavy (non-hydrogen) atoms. The molecule has 1 aromatic carbocycles. The molecule has 0 spiro atoms. The summed E-state index contributed by atoms with van der Waals surface area (Å²) in [5.74, 6) is 3.13. The normalized spacial score (nSPS) is 17.4. The second-order valence-electron chi connectivity index (χ2n) is 5.07. The first kappa shape index (κ1) is 11.9. The van der Waals surface area contributed by atoms with Crippen molar-refractivity contribution in [1.82, 2.24) is 9.55 Å². The Morgan fingerprint density at radius 3 is 2.94 bits per heavy atom. The Bertz CT molecular complexity index is 608. The lowest BCUT2D eigenvalue weighted by Crippen LogP contribution is -2.23. The number of fused-ring (bicyclic) bond motifs is 1. The van der Waals surface area contributed by atoms with E-state index in [9.17, 15) is 4.79 Å². The number of aryl methyl sites for hydroxylation is 1. The molecule has 1 aliphatic heterocycles. The predicted molar refractivity (Wildman–Crippen MR) is 77.3 cm³/mol. The van der Waals surface area contributed by atoms with E-state index in [-0.39, 0.29) is 5.69 Å². The summed E-state index contributed by atoms with van der Waals surface area (Å²) >= 11 is 2.03. The summed E-state index contributed by atoms with van der Waals surface area (Å²) in [7, 11) is 0. The van der Waals surface area contributed by atoms with Crippen LogP contribution in [0.4, 0.5) is 0 Å². The van der Waals surface area contributed by atoms with E-state index in [0.29, 0.717) is 5.92 Å². The van der Waals surface area contributed by atoms with E-state index in [1.54, 1.807) is 0 Å². The van der Waals surface area contributed by atoms with Crippen LogP contribution in [0.2, 0.25) is 0 Å². The van der Waals surface area contributed by atoms with Crippen molar-refractivity contribution >= 4 is 22.8 Å².